The third-order valence-corrected chi connectivity index (χ3v) is 2.07. The second kappa shape index (κ2) is 3.35. The zero-order valence-corrected chi connectivity index (χ0v) is 8.06. The molecule has 0 aromatic rings. The summed E-state index contributed by atoms with van der Waals surface area (Å²) in [6.07, 6.45) is 2.01. The van der Waals surface area contributed by atoms with Crippen molar-refractivity contribution in [2.24, 2.45) is 5.92 Å². The molecule has 62 valence electrons. The Balaban J connectivity index is 2.43. The van der Waals surface area contributed by atoms with Crippen LogP contribution in [-0.2, 0) is 0 Å². The summed E-state index contributed by atoms with van der Waals surface area (Å²) in [6, 6.07) is 0. The zero-order chi connectivity index (χ0) is 8.43. The van der Waals surface area contributed by atoms with Gasteiger partial charge in [-0.2, -0.15) is 0 Å². The maximum Gasteiger partial charge on any atom is 0.0217 e. The molecule has 0 amide bonds. The van der Waals surface area contributed by atoms with E-state index >= 15 is 0 Å². The van der Waals surface area contributed by atoms with Gasteiger partial charge >= 0.3 is 0 Å². The van der Waals surface area contributed by atoms with Gasteiger partial charge in [-0.25, -0.2) is 0 Å². The lowest BCUT2D eigenvalue weighted by Gasteiger charge is -2.39. The molecule has 1 aliphatic heterocycles. The minimum atomic E-state index is 0.835. The van der Waals surface area contributed by atoms with Crippen LogP contribution in [0.25, 0.3) is 0 Å². The average molecular weight is 169 g/mol. The van der Waals surface area contributed by atoms with Crippen molar-refractivity contribution in [1.29, 1.82) is 0 Å². The lowest BCUT2D eigenvalue weighted by Crippen LogP contribution is -2.43. The van der Waals surface area contributed by atoms with Crippen LogP contribution in [0, 0.1) is 5.92 Å². The van der Waals surface area contributed by atoms with Gasteiger partial charge in [0.15, 0.2) is 0 Å². The van der Waals surface area contributed by atoms with Crippen LogP contribution in [0.1, 0.15) is 13.8 Å². The third kappa shape index (κ3) is 2.29. The molecule has 0 bridgehead atoms. The Morgan fingerprint density at radius 2 is 2.18 bits per heavy atom. The van der Waals surface area contributed by atoms with E-state index in [4.69, 9.17) is 0 Å². The Morgan fingerprint density at radius 3 is 2.55 bits per heavy atom. The van der Waals surface area contributed by atoms with E-state index in [9.17, 15) is 0 Å². The van der Waals surface area contributed by atoms with Crippen molar-refractivity contribution in [2.75, 3.05) is 13.1 Å². The van der Waals surface area contributed by atoms with Crippen LogP contribution in [0.15, 0.2) is 23.3 Å². The lowest BCUT2D eigenvalue weighted by molar-refractivity contribution is 0.158. The number of allylic oxidation sites excluding steroid dienone is 2. The second-order valence-corrected chi connectivity index (χ2v) is 3.86. The van der Waals surface area contributed by atoms with Gasteiger partial charge in [-0.3, -0.25) is 0 Å². The molecule has 1 aliphatic rings. The maximum atomic E-state index is 4.12. The van der Waals surface area contributed by atoms with E-state index in [2.05, 4.69) is 38.0 Å². The van der Waals surface area contributed by atoms with Crippen molar-refractivity contribution in [3.63, 3.8) is 0 Å². The number of rotatable bonds is 2. The molecular formula is C9H15NS. The summed E-state index contributed by atoms with van der Waals surface area (Å²) in [5, 5.41) is 0. The smallest absolute Gasteiger partial charge is 0.0217 e. The minimum Gasteiger partial charge on any atom is -0.374 e. The van der Waals surface area contributed by atoms with Crippen LogP contribution in [0.5, 0.6) is 0 Å². The predicted octanol–water partition coefficient (Wildman–Crippen LogP) is 2.29. The Labute approximate surface area is 74.2 Å². The molecule has 11 heavy (non-hydrogen) atoms. The third-order valence-electron chi connectivity index (χ3n) is 1.94. The standard InChI is InChI=1S/C9H15NS/c1-7-5-10(6-7)8(2)4-9(3)11/h4,7,11H,3,5-6H2,1-2H3/b8-4+. The molecule has 1 heterocycles. The summed E-state index contributed by atoms with van der Waals surface area (Å²) in [5.74, 6) is 0.853. The number of hydrogen-bond acceptors (Lipinski definition) is 2. The molecule has 0 radical (unpaired) electrons. The molecule has 1 fully saturated rings. The highest BCUT2D eigenvalue weighted by atomic mass is 32.1. The molecule has 2 heteroatoms. The highest BCUT2D eigenvalue weighted by Gasteiger charge is 2.21. The summed E-state index contributed by atoms with van der Waals surface area (Å²) >= 11 is 4.12. The van der Waals surface area contributed by atoms with Crippen molar-refractivity contribution >= 4 is 12.6 Å². The van der Waals surface area contributed by atoms with Gasteiger partial charge in [-0.15, -0.1) is 12.6 Å². The molecule has 0 aliphatic carbocycles. The monoisotopic (exact) mass is 169 g/mol. The van der Waals surface area contributed by atoms with Crippen LogP contribution in [0.2, 0.25) is 0 Å². The van der Waals surface area contributed by atoms with Gasteiger partial charge in [0, 0.05) is 18.8 Å². The maximum absolute atomic E-state index is 4.12. The number of nitrogens with zero attached hydrogens (tertiary/aromatic N) is 1. The van der Waals surface area contributed by atoms with E-state index in [1.165, 1.54) is 18.8 Å². The lowest BCUT2D eigenvalue weighted by atomic mass is 10.0. The van der Waals surface area contributed by atoms with E-state index in [0.717, 1.165) is 10.8 Å². The molecule has 0 unspecified atom stereocenters. The molecule has 1 saturated heterocycles. The van der Waals surface area contributed by atoms with Gasteiger partial charge in [0.2, 0.25) is 0 Å². The number of likely N-dealkylation sites (tertiary alicyclic amines) is 1. The number of thiol groups is 1. The Bertz CT molecular complexity index is 190. The van der Waals surface area contributed by atoms with E-state index < -0.39 is 0 Å². The van der Waals surface area contributed by atoms with Crippen LogP contribution in [-0.4, -0.2) is 18.0 Å². The van der Waals surface area contributed by atoms with Crippen molar-refractivity contribution in [2.45, 2.75) is 13.8 Å². The first-order valence-electron chi connectivity index (χ1n) is 3.90. The van der Waals surface area contributed by atoms with Gasteiger partial charge in [-0.05, 0) is 23.8 Å². The first-order valence-corrected chi connectivity index (χ1v) is 4.35. The zero-order valence-electron chi connectivity index (χ0n) is 7.17. The summed E-state index contributed by atoms with van der Waals surface area (Å²) in [5.41, 5.74) is 1.28. The largest absolute Gasteiger partial charge is 0.374 e. The minimum absolute atomic E-state index is 0.835. The quantitative estimate of drug-likeness (QED) is 0.490. The molecule has 0 spiro atoms. The van der Waals surface area contributed by atoms with Crippen LogP contribution >= 0.6 is 12.6 Å². The normalized spacial score (nSPS) is 19.9. The molecular weight excluding hydrogens is 154 g/mol. The molecule has 0 saturated carbocycles. The summed E-state index contributed by atoms with van der Waals surface area (Å²) in [4.78, 5) is 3.17. The molecule has 0 aromatic heterocycles. The van der Waals surface area contributed by atoms with Gasteiger partial charge in [-0.1, -0.05) is 13.5 Å². The van der Waals surface area contributed by atoms with Crippen molar-refractivity contribution < 1.29 is 0 Å². The van der Waals surface area contributed by atoms with Crippen molar-refractivity contribution in [3.05, 3.63) is 23.3 Å². The second-order valence-electron chi connectivity index (χ2n) is 3.29. The summed E-state index contributed by atoms with van der Waals surface area (Å²) in [6.45, 7) is 10.5. The van der Waals surface area contributed by atoms with Gasteiger partial charge in [0.05, 0.1) is 0 Å². The summed E-state index contributed by atoms with van der Waals surface area (Å²) < 4.78 is 0. The molecule has 0 aromatic carbocycles. The van der Waals surface area contributed by atoms with Crippen molar-refractivity contribution in [3.8, 4) is 0 Å². The first kappa shape index (κ1) is 8.72. The highest BCUT2D eigenvalue weighted by Crippen LogP contribution is 2.20. The Kier molecular flexibility index (Phi) is 2.66. The highest BCUT2D eigenvalue weighted by molar-refractivity contribution is 7.84. The topological polar surface area (TPSA) is 3.24 Å². The fourth-order valence-corrected chi connectivity index (χ4v) is 1.51. The fourth-order valence-electron chi connectivity index (χ4n) is 1.32. The Hall–Kier alpha value is -0.370. The fraction of sp³-hybridized carbons (Fsp3) is 0.556. The van der Waals surface area contributed by atoms with Gasteiger partial charge in [0.1, 0.15) is 0 Å². The van der Waals surface area contributed by atoms with E-state index in [1.807, 2.05) is 6.08 Å². The van der Waals surface area contributed by atoms with Gasteiger partial charge < -0.3 is 4.90 Å². The van der Waals surface area contributed by atoms with Crippen LogP contribution in [0.4, 0.5) is 0 Å². The van der Waals surface area contributed by atoms with E-state index in [0.29, 0.717) is 0 Å². The van der Waals surface area contributed by atoms with Crippen LogP contribution < -0.4 is 0 Å². The molecule has 1 nitrogen and oxygen atoms in total. The molecule has 0 atom stereocenters. The Morgan fingerprint density at radius 1 is 1.64 bits per heavy atom. The molecule has 1 rings (SSSR count). The number of hydrogen-bond donors (Lipinski definition) is 1. The SMILES string of the molecule is C=C(S)/C=C(\C)N1CC(C)C1. The average Bonchev–Trinajstić information content (AvgIpc) is 1.79. The molecule has 0 N–H and O–H groups in total. The van der Waals surface area contributed by atoms with Gasteiger partial charge in [0.25, 0.3) is 0 Å². The van der Waals surface area contributed by atoms with Crippen molar-refractivity contribution in [1.82, 2.24) is 4.90 Å². The van der Waals surface area contributed by atoms with E-state index in [1.54, 1.807) is 0 Å². The van der Waals surface area contributed by atoms with E-state index in [-0.39, 0.29) is 0 Å². The van der Waals surface area contributed by atoms with Crippen LogP contribution in [0.3, 0.4) is 0 Å². The first-order chi connectivity index (χ1) is 5.09. The summed E-state index contributed by atoms with van der Waals surface area (Å²) in [7, 11) is 0. The predicted molar refractivity (Wildman–Crippen MR) is 52.6 cm³/mol.